The van der Waals surface area contributed by atoms with Crippen LogP contribution in [0.15, 0.2) is 5.38 Å². The number of fused-ring (bicyclic) bond motifs is 1. The number of rotatable bonds is 3. The molecular weight excluding hydrogens is 178 g/mol. The Labute approximate surface area is 84.0 Å². The Balaban J connectivity index is 2.12. The SMILES string of the molecule is NCCCc1scc2c1CCCC2. The molecule has 1 heterocycles. The minimum Gasteiger partial charge on any atom is -0.330 e. The summed E-state index contributed by atoms with van der Waals surface area (Å²) >= 11 is 1.95. The van der Waals surface area contributed by atoms with Crippen LogP contribution in [-0.2, 0) is 19.3 Å². The van der Waals surface area contributed by atoms with Crippen molar-refractivity contribution >= 4 is 11.3 Å². The maximum Gasteiger partial charge on any atom is 0.00805 e. The monoisotopic (exact) mass is 195 g/mol. The van der Waals surface area contributed by atoms with Gasteiger partial charge in [0, 0.05) is 4.88 Å². The summed E-state index contributed by atoms with van der Waals surface area (Å²) in [5, 5.41) is 2.36. The Kier molecular flexibility index (Phi) is 3.01. The van der Waals surface area contributed by atoms with E-state index in [9.17, 15) is 0 Å². The van der Waals surface area contributed by atoms with E-state index in [0.29, 0.717) is 0 Å². The number of nitrogens with two attached hydrogens (primary N) is 1. The first kappa shape index (κ1) is 9.22. The molecule has 72 valence electrons. The molecule has 0 radical (unpaired) electrons. The molecule has 1 aliphatic rings. The normalized spacial score (nSPS) is 15.8. The lowest BCUT2D eigenvalue weighted by atomic mass is 9.93. The van der Waals surface area contributed by atoms with E-state index in [1.807, 2.05) is 11.3 Å². The molecule has 2 N–H and O–H groups in total. The number of thiophene rings is 1. The third-order valence-corrected chi connectivity index (χ3v) is 3.94. The third-order valence-electron chi connectivity index (χ3n) is 2.80. The molecule has 0 atom stereocenters. The van der Waals surface area contributed by atoms with E-state index in [0.717, 1.165) is 13.0 Å². The molecule has 0 fully saturated rings. The number of hydrogen-bond donors (Lipinski definition) is 1. The van der Waals surface area contributed by atoms with Crippen molar-refractivity contribution in [2.24, 2.45) is 5.73 Å². The molecule has 0 amide bonds. The van der Waals surface area contributed by atoms with Crippen molar-refractivity contribution in [3.8, 4) is 0 Å². The van der Waals surface area contributed by atoms with Gasteiger partial charge in [0.15, 0.2) is 0 Å². The molecule has 2 rings (SSSR count). The van der Waals surface area contributed by atoms with Gasteiger partial charge in [-0.1, -0.05) is 0 Å². The highest BCUT2D eigenvalue weighted by Gasteiger charge is 2.14. The van der Waals surface area contributed by atoms with E-state index in [2.05, 4.69) is 5.38 Å². The smallest absolute Gasteiger partial charge is 0.00805 e. The zero-order valence-electron chi connectivity index (χ0n) is 8.01. The first-order valence-electron chi connectivity index (χ1n) is 5.20. The lowest BCUT2D eigenvalue weighted by Gasteiger charge is -2.12. The maximum atomic E-state index is 5.53. The van der Waals surface area contributed by atoms with Crippen molar-refractivity contribution in [2.45, 2.75) is 38.5 Å². The highest BCUT2D eigenvalue weighted by molar-refractivity contribution is 7.10. The van der Waals surface area contributed by atoms with Gasteiger partial charge in [-0.2, -0.15) is 0 Å². The molecule has 0 unspecified atom stereocenters. The maximum absolute atomic E-state index is 5.53. The van der Waals surface area contributed by atoms with Gasteiger partial charge in [-0.15, -0.1) is 11.3 Å². The zero-order chi connectivity index (χ0) is 9.10. The molecule has 0 saturated heterocycles. The Morgan fingerprint density at radius 3 is 3.00 bits per heavy atom. The van der Waals surface area contributed by atoms with Crippen LogP contribution < -0.4 is 5.73 Å². The lowest BCUT2D eigenvalue weighted by molar-refractivity contribution is 0.682. The molecule has 0 spiro atoms. The molecule has 2 heteroatoms. The summed E-state index contributed by atoms with van der Waals surface area (Å²) in [6.07, 6.45) is 7.76. The Bertz CT molecular complexity index is 278. The van der Waals surface area contributed by atoms with Gasteiger partial charge >= 0.3 is 0 Å². The van der Waals surface area contributed by atoms with Crippen molar-refractivity contribution in [1.29, 1.82) is 0 Å². The Hall–Kier alpha value is -0.340. The van der Waals surface area contributed by atoms with Crippen molar-refractivity contribution in [3.63, 3.8) is 0 Å². The fourth-order valence-corrected chi connectivity index (χ4v) is 3.25. The van der Waals surface area contributed by atoms with Crippen LogP contribution in [0.3, 0.4) is 0 Å². The second-order valence-corrected chi connectivity index (χ2v) is 4.73. The van der Waals surface area contributed by atoms with Crippen LogP contribution in [0.2, 0.25) is 0 Å². The van der Waals surface area contributed by atoms with Crippen LogP contribution in [0, 0.1) is 0 Å². The predicted octanol–water partition coefficient (Wildman–Crippen LogP) is 2.52. The standard InChI is InChI=1S/C11H17NS/c12-7-3-6-11-10-5-2-1-4-9(10)8-13-11/h8H,1-7,12H2. The van der Waals surface area contributed by atoms with Crippen LogP contribution in [0.25, 0.3) is 0 Å². The second kappa shape index (κ2) is 4.25. The second-order valence-electron chi connectivity index (χ2n) is 3.76. The van der Waals surface area contributed by atoms with Crippen LogP contribution >= 0.6 is 11.3 Å². The Morgan fingerprint density at radius 2 is 2.15 bits per heavy atom. The van der Waals surface area contributed by atoms with E-state index in [1.165, 1.54) is 32.1 Å². The minimum absolute atomic E-state index is 0.826. The summed E-state index contributed by atoms with van der Waals surface area (Å²) < 4.78 is 0. The van der Waals surface area contributed by atoms with Crippen LogP contribution in [-0.4, -0.2) is 6.54 Å². The minimum atomic E-state index is 0.826. The topological polar surface area (TPSA) is 26.0 Å². The fourth-order valence-electron chi connectivity index (χ4n) is 2.06. The van der Waals surface area contributed by atoms with Crippen LogP contribution in [0.4, 0.5) is 0 Å². The van der Waals surface area contributed by atoms with Gasteiger partial charge in [-0.05, 0) is 61.6 Å². The zero-order valence-corrected chi connectivity index (χ0v) is 8.83. The van der Waals surface area contributed by atoms with E-state index in [4.69, 9.17) is 5.73 Å². The van der Waals surface area contributed by atoms with Gasteiger partial charge in [0.25, 0.3) is 0 Å². The van der Waals surface area contributed by atoms with Gasteiger partial charge in [0.05, 0.1) is 0 Å². The van der Waals surface area contributed by atoms with Gasteiger partial charge < -0.3 is 5.73 Å². The molecule has 1 aliphatic carbocycles. The molecule has 1 aromatic rings. The molecule has 0 saturated carbocycles. The third kappa shape index (κ3) is 1.94. The van der Waals surface area contributed by atoms with E-state index < -0.39 is 0 Å². The average molecular weight is 195 g/mol. The fraction of sp³-hybridized carbons (Fsp3) is 0.636. The first-order chi connectivity index (χ1) is 6.42. The Morgan fingerprint density at radius 1 is 1.31 bits per heavy atom. The van der Waals surface area contributed by atoms with Crippen molar-refractivity contribution in [2.75, 3.05) is 6.54 Å². The summed E-state index contributed by atoms with van der Waals surface area (Å²) in [4.78, 5) is 1.61. The molecule has 1 nitrogen and oxygen atoms in total. The molecule has 0 aromatic carbocycles. The van der Waals surface area contributed by atoms with Gasteiger partial charge in [-0.3, -0.25) is 0 Å². The van der Waals surface area contributed by atoms with Crippen LogP contribution in [0.1, 0.15) is 35.3 Å². The van der Waals surface area contributed by atoms with Gasteiger partial charge in [-0.25, -0.2) is 0 Å². The van der Waals surface area contributed by atoms with E-state index in [-0.39, 0.29) is 0 Å². The summed E-state index contributed by atoms with van der Waals surface area (Å²) in [5.41, 5.74) is 8.82. The average Bonchev–Trinajstić information content (AvgIpc) is 2.58. The summed E-state index contributed by atoms with van der Waals surface area (Å²) in [5.74, 6) is 0. The van der Waals surface area contributed by atoms with Gasteiger partial charge in [0.2, 0.25) is 0 Å². The van der Waals surface area contributed by atoms with Gasteiger partial charge in [0.1, 0.15) is 0 Å². The summed E-state index contributed by atoms with van der Waals surface area (Å²) in [6, 6.07) is 0. The molecule has 13 heavy (non-hydrogen) atoms. The molecule has 1 aromatic heterocycles. The highest BCUT2D eigenvalue weighted by atomic mass is 32.1. The summed E-state index contributed by atoms with van der Waals surface area (Å²) in [7, 11) is 0. The predicted molar refractivity (Wildman–Crippen MR) is 58.3 cm³/mol. The lowest BCUT2D eigenvalue weighted by Crippen LogP contribution is -2.04. The first-order valence-corrected chi connectivity index (χ1v) is 6.08. The van der Waals surface area contributed by atoms with Crippen molar-refractivity contribution < 1.29 is 0 Å². The van der Waals surface area contributed by atoms with Crippen molar-refractivity contribution in [1.82, 2.24) is 0 Å². The van der Waals surface area contributed by atoms with Crippen LogP contribution in [0.5, 0.6) is 0 Å². The van der Waals surface area contributed by atoms with E-state index in [1.54, 1.807) is 16.0 Å². The van der Waals surface area contributed by atoms with E-state index >= 15 is 0 Å². The number of hydrogen-bond acceptors (Lipinski definition) is 2. The molecule has 0 bridgehead atoms. The van der Waals surface area contributed by atoms with Crippen molar-refractivity contribution in [3.05, 3.63) is 21.4 Å². The molecule has 0 aliphatic heterocycles. The largest absolute Gasteiger partial charge is 0.330 e. The molecular formula is C11H17NS. The number of aryl methyl sites for hydroxylation is 2. The highest BCUT2D eigenvalue weighted by Crippen LogP contribution is 2.30. The quantitative estimate of drug-likeness (QED) is 0.788. The summed E-state index contributed by atoms with van der Waals surface area (Å²) in [6.45, 7) is 0.826.